The highest BCUT2D eigenvalue weighted by Gasteiger charge is 2.19. The molecule has 1 amide bonds. The first kappa shape index (κ1) is 11.9. The molecule has 0 radical (unpaired) electrons. The SMILES string of the molecule is CCCC(NC(=O)C(C)C)C(=O)O. The van der Waals surface area contributed by atoms with Gasteiger partial charge in [0.25, 0.3) is 0 Å². The third-order valence-electron chi connectivity index (χ3n) is 1.72. The van der Waals surface area contributed by atoms with Crippen molar-refractivity contribution in [2.75, 3.05) is 0 Å². The molecule has 4 nitrogen and oxygen atoms in total. The van der Waals surface area contributed by atoms with Crippen molar-refractivity contribution in [3.8, 4) is 0 Å². The number of rotatable bonds is 5. The number of amides is 1. The molecule has 1 unspecified atom stereocenters. The smallest absolute Gasteiger partial charge is 0.326 e. The van der Waals surface area contributed by atoms with Crippen LogP contribution in [-0.2, 0) is 9.59 Å². The summed E-state index contributed by atoms with van der Waals surface area (Å²) in [7, 11) is 0. The van der Waals surface area contributed by atoms with Crippen molar-refractivity contribution in [2.45, 2.75) is 39.7 Å². The molecule has 0 aromatic rings. The predicted molar refractivity (Wildman–Crippen MR) is 49.3 cm³/mol. The van der Waals surface area contributed by atoms with Gasteiger partial charge in [-0.05, 0) is 6.42 Å². The molecule has 0 rings (SSSR count). The van der Waals surface area contributed by atoms with Crippen molar-refractivity contribution in [2.24, 2.45) is 5.92 Å². The third kappa shape index (κ3) is 4.50. The van der Waals surface area contributed by atoms with Gasteiger partial charge in [-0.1, -0.05) is 27.2 Å². The topological polar surface area (TPSA) is 66.4 Å². The maximum atomic E-state index is 11.2. The van der Waals surface area contributed by atoms with Gasteiger partial charge in [0, 0.05) is 5.92 Å². The van der Waals surface area contributed by atoms with Gasteiger partial charge in [0.15, 0.2) is 0 Å². The molecule has 0 aromatic heterocycles. The summed E-state index contributed by atoms with van der Waals surface area (Å²) < 4.78 is 0. The standard InChI is InChI=1S/C9H17NO3/c1-4-5-7(9(12)13)10-8(11)6(2)3/h6-7H,4-5H2,1-3H3,(H,10,11)(H,12,13). The first-order valence-electron chi connectivity index (χ1n) is 4.52. The minimum atomic E-state index is -0.962. The summed E-state index contributed by atoms with van der Waals surface area (Å²) in [5.41, 5.74) is 0. The minimum absolute atomic E-state index is 0.168. The highest BCUT2D eigenvalue weighted by atomic mass is 16.4. The number of carbonyl (C=O) groups excluding carboxylic acids is 1. The Balaban J connectivity index is 4.10. The largest absolute Gasteiger partial charge is 0.480 e. The molecule has 0 heterocycles. The van der Waals surface area contributed by atoms with E-state index in [0.717, 1.165) is 6.42 Å². The number of carboxylic acid groups (broad SMARTS) is 1. The molecular formula is C9H17NO3. The van der Waals surface area contributed by atoms with Crippen molar-refractivity contribution < 1.29 is 14.7 Å². The van der Waals surface area contributed by atoms with Gasteiger partial charge >= 0.3 is 5.97 Å². The van der Waals surface area contributed by atoms with E-state index in [-0.39, 0.29) is 11.8 Å². The summed E-state index contributed by atoms with van der Waals surface area (Å²) in [6.07, 6.45) is 1.23. The Labute approximate surface area is 78.3 Å². The van der Waals surface area contributed by atoms with E-state index in [1.165, 1.54) is 0 Å². The quantitative estimate of drug-likeness (QED) is 0.675. The molecule has 13 heavy (non-hydrogen) atoms. The van der Waals surface area contributed by atoms with Gasteiger partial charge in [-0.3, -0.25) is 4.79 Å². The number of carbonyl (C=O) groups is 2. The maximum absolute atomic E-state index is 11.2. The lowest BCUT2D eigenvalue weighted by molar-refractivity contribution is -0.142. The highest BCUT2D eigenvalue weighted by molar-refractivity contribution is 5.84. The van der Waals surface area contributed by atoms with Gasteiger partial charge < -0.3 is 10.4 Å². The number of hydrogen-bond acceptors (Lipinski definition) is 2. The predicted octanol–water partition coefficient (Wildman–Crippen LogP) is 1.01. The molecule has 0 aliphatic rings. The van der Waals surface area contributed by atoms with Crippen molar-refractivity contribution in [1.82, 2.24) is 5.32 Å². The Hall–Kier alpha value is -1.06. The van der Waals surface area contributed by atoms with Crippen LogP contribution in [0.2, 0.25) is 0 Å². The second-order valence-electron chi connectivity index (χ2n) is 3.34. The van der Waals surface area contributed by atoms with Crippen molar-refractivity contribution in [3.05, 3.63) is 0 Å². The molecule has 0 saturated carbocycles. The van der Waals surface area contributed by atoms with Crippen LogP contribution >= 0.6 is 0 Å². The zero-order chi connectivity index (χ0) is 10.4. The Morgan fingerprint density at radius 1 is 1.38 bits per heavy atom. The fourth-order valence-electron chi connectivity index (χ4n) is 0.884. The van der Waals surface area contributed by atoms with Crippen molar-refractivity contribution in [1.29, 1.82) is 0 Å². The fraction of sp³-hybridized carbons (Fsp3) is 0.778. The average Bonchev–Trinajstić information content (AvgIpc) is 2.03. The van der Waals surface area contributed by atoms with Crippen LogP contribution in [0.3, 0.4) is 0 Å². The second kappa shape index (κ2) is 5.56. The molecule has 0 saturated heterocycles. The number of nitrogens with one attached hydrogen (secondary N) is 1. The van der Waals surface area contributed by atoms with Crippen LogP contribution < -0.4 is 5.32 Å². The Morgan fingerprint density at radius 2 is 1.92 bits per heavy atom. The number of hydrogen-bond donors (Lipinski definition) is 2. The highest BCUT2D eigenvalue weighted by Crippen LogP contribution is 1.99. The van der Waals surface area contributed by atoms with E-state index in [1.807, 2.05) is 6.92 Å². The monoisotopic (exact) mass is 187 g/mol. The third-order valence-corrected chi connectivity index (χ3v) is 1.72. The van der Waals surface area contributed by atoms with Gasteiger partial charge in [0.05, 0.1) is 0 Å². The van der Waals surface area contributed by atoms with E-state index in [0.29, 0.717) is 6.42 Å². The summed E-state index contributed by atoms with van der Waals surface area (Å²) in [6.45, 7) is 5.36. The van der Waals surface area contributed by atoms with E-state index in [9.17, 15) is 9.59 Å². The van der Waals surface area contributed by atoms with Gasteiger partial charge in [-0.2, -0.15) is 0 Å². The lowest BCUT2D eigenvalue weighted by Gasteiger charge is -2.14. The van der Waals surface area contributed by atoms with Gasteiger partial charge in [-0.15, -0.1) is 0 Å². The molecule has 0 spiro atoms. The summed E-state index contributed by atoms with van der Waals surface area (Å²) in [6, 6.07) is -0.736. The summed E-state index contributed by atoms with van der Waals surface area (Å²) in [5, 5.41) is 11.2. The van der Waals surface area contributed by atoms with Crippen LogP contribution in [0.1, 0.15) is 33.6 Å². The molecular weight excluding hydrogens is 170 g/mol. The lowest BCUT2D eigenvalue weighted by atomic mass is 10.1. The minimum Gasteiger partial charge on any atom is -0.480 e. The summed E-state index contributed by atoms with van der Waals surface area (Å²) in [5.74, 6) is -1.34. The lowest BCUT2D eigenvalue weighted by Crippen LogP contribution is -2.42. The van der Waals surface area contributed by atoms with Crippen LogP contribution in [0.25, 0.3) is 0 Å². The van der Waals surface area contributed by atoms with Crippen LogP contribution in [0.4, 0.5) is 0 Å². The molecule has 1 atom stereocenters. The van der Waals surface area contributed by atoms with Crippen LogP contribution in [0.15, 0.2) is 0 Å². The average molecular weight is 187 g/mol. The zero-order valence-electron chi connectivity index (χ0n) is 8.33. The van der Waals surface area contributed by atoms with Crippen LogP contribution in [0.5, 0.6) is 0 Å². The zero-order valence-corrected chi connectivity index (χ0v) is 8.33. The molecule has 0 aliphatic heterocycles. The normalized spacial score (nSPS) is 12.6. The van der Waals surface area contributed by atoms with E-state index in [4.69, 9.17) is 5.11 Å². The first-order chi connectivity index (χ1) is 5.99. The van der Waals surface area contributed by atoms with E-state index >= 15 is 0 Å². The summed E-state index contributed by atoms with van der Waals surface area (Å²) in [4.78, 5) is 21.8. The fourth-order valence-corrected chi connectivity index (χ4v) is 0.884. The van der Waals surface area contributed by atoms with E-state index in [2.05, 4.69) is 5.32 Å². The molecule has 0 fully saturated rings. The summed E-state index contributed by atoms with van der Waals surface area (Å²) >= 11 is 0. The molecule has 2 N–H and O–H groups in total. The molecule has 76 valence electrons. The number of carboxylic acids is 1. The second-order valence-corrected chi connectivity index (χ2v) is 3.34. The molecule has 4 heteroatoms. The van der Waals surface area contributed by atoms with Gasteiger partial charge in [0.2, 0.25) is 5.91 Å². The van der Waals surface area contributed by atoms with Gasteiger partial charge in [-0.25, -0.2) is 4.79 Å². The van der Waals surface area contributed by atoms with Gasteiger partial charge in [0.1, 0.15) is 6.04 Å². The van der Waals surface area contributed by atoms with Crippen molar-refractivity contribution >= 4 is 11.9 Å². The first-order valence-corrected chi connectivity index (χ1v) is 4.52. The van der Waals surface area contributed by atoms with Crippen molar-refractivity contribution in [3.63, 3.8) is 0 Å². The van der Waals surface area contributed by atoms with Crippen LogP contribution in [0, 0.1) is 5.92 Å². The van der Waals surface area contributed by atoms with E-state index in [1.54, 1.807) is 13.8 Å². The maximum Gasteiger partial charge on any atom is 0.326 e. The Bertz CT molecular complexity index is 189. The van der Waals surface area contributed by atoms with E-state index < -0.39 is 12.0 Å². The molecule has 0 aromatic carbocycles. The molecule has 0 aliphatic carbocycles. The number of aliphatic carboxylic acids is 1. The van der Waals surface area contributed by atoms with Crippen LogP contribution in [-0.4, -0.2) is 23.0 Å². The Kier molecular flexibility index (Phi) is 5.11. The Morgan fingerprint density at radius 3 is 2.23 bits per heavy atom. The molecule has 0 bridgehead atoms.